The van der Waals surface area contributed by atoms with Gasteiger partial charge in [-0.2, -0.15) is 0 Å². The Labute approximate surface area is 138 Å². The lowest BCUT2D eigenvalue weighted by atomic mass is 10.2. The van der Waals surface area contributed by atoms with Crippen LogP contribution in [0, 0.1) is 0 Å². The molecular weight excluding hydrogens is 298 g/mol. The summed E-state index contributed by atoms with van der Waals surface area (Å²) in [5.41, 5.74) is 10.8. The molecule has 2 heterocycles. The van der Waals surface area contributed by atoms with Gasteiger partial charge in [0.1, 0.15) is 5.69 Å². The number of nitrogens with one attached hydrogen (secondary N) is 1. The van der Waals surface area contributed by atoms with Gasteiger partial charge in [-0.3, -0.25) is 0 Å². The van der Waals surface area contributed by atoms with E-state index in [-0.39, 0.29) is 12.4 Å². The molecule has 0 aromatic carbocycles. The number of hydrogen-bond donors (Lipinski definition) is 2. The quantitative estimate of drug-likeness (QED) is 0.543. The maximum absolute atomic E-state index is 6.25. The molecule has 3 N–H and O–H groups in total. The third kappa shape index (κ3) is 3.31. The first-order valence-corrected chi connectivity index (χ1v) is 7.79. The van der Waals surface area contributed by atoms with Crippen molar-refractivity contribution in [2.75, 3.05) is 45.3 Å². The number of pyridine rings is 1. The number of nitrogen functional groups attached to an aromatic ring is 1. The van der Waals surface area contributed by atoms with Crippen LogP contribution in [0.2, 0.25) is 0 Å². The molecule has 0 saturated heterocycles. The molecular formula is C16H26ClN5. The van der Waals surface area contributed by atoms with Gasteiger partial charge in [-0.15, -0.1) is 5.10 Å². The Balaban J connectivity index is 0.00000176. The molecule has 0 spiro atoms. The fraction of sp³-hybridized carbons (Fsp3) is 0.562. The Morgan fingerprint density at radius 2 is 2.05 bits per heavy atom. The molecule has 0 atom stereocenters. The molecule has 6 heteroatoms. The van der Waals surface area contributed by atoms with Crippen LogP contribution in [0.3, 0.4) is 0 Å². The summed E-state index contributed by atoms with van der Waals surface area (Å²) >= 11 is 0. The Kier molecular flexibility index (Phi) is 4.87. The van der Waals surface area contributed by atoms with Crippen molar-refractivity contribution in [3.8, 4) is 0 Å². The van der Waals surface area contributed by atoms with Crippen molar-refractivity contribution < 1.29 is 16.9 Å². The fourth-order valence-corrected chi connectivity index (χ4v) is 3.05. The predicted molar refractivity (Wildman–Crippen MR) is 87.6 cm³/mol. The number of aryl methyl sites for hydroxylation is 2. The van der Waals surface area contributed by atoms with Crippen LogP contribution in [0.15, 0.2) is 12.1 Å². The number of rotatable bonds is 5. The van der Waals surface area contributed by atoms with Crippen LogP contribution in [-0.4, -0.2) is 48.3 Å². The number of anilines is 2. The minimum absolute atomic E-state index is 0. The molecule has 5 nitrogen and oxygen atoms in total. The molecule has 1 aliphatic rings. The predicted octanol–water partition coefficient (Wildman–Crippen LogP) is -1.08. The number of fused-ring (bicyclic) bond motifs is 3. The van der Waals surface area contributed by atoms with Gasteiger partial charge in [0, 0.05) is 18.7 Å². The first-order valence-electron chi connectivity index (χ1n) is 7.79. The molecule has 0 saturated carbocycles. The van der Waals surface area contributed by atoms with Crippen LogP contribution < -0.4 is 23.5 Å². The van der Waals surface area contributed by atoms with Gasteiger partial charge in [-0.05, 0) is 30.9 Å². The number of aromatic nitrogens is 2. The molecule has 0 aliphatic heterocycles. The van der Waals surface area contributed by atoms with Gasteiger partial charge in [-0.1, -0.05) is 6.07 Å². The average molecular weight is 324 g/mol. The first-order chi connectivity index (χ1) is 9.96. The maximum Gasteiger partial charge on any atom is 0.172 e. The zero-order chi connectivity index (χ0) is 15.0. The zero-order valence-electron chi connectivity index (χ0n) is 13.7. The number of quaternary nitrogens is 1. The number of nitrogens with two attached hydrogens (primary N) is 1. The maximum atomic E-state index is 6.25. The Hall–Kier alpha value is -1.46. The van der Waals surface area contributed by atoms with E-state index in [0.29, 0.717) is 0 Å². The summed E-state index contributed by atoms with van der Waals surface area (Å²) in [6.07, 6.45) is 4.60. The standard InChI is InChI=1S/C16H26N5.ClH/c1-21(2,3)11-5-10-18-16-15(17)14-9-8-12-6-4-7-13(12)20(14)19-16;/h8-9H,4-7,10-11,17H2,1-3H3,(H,18,19);1H/q+1;/p-1. The van der Waals surface area contributed by atoms with Gasteiger partial charge in [0.15, 0.2) is 5.82 Å². The number of nitrogens with zero attached hydrogens (tertiary/aromatic N) is 3. The minimum atomic E-state index is 0. The molecule has 122 valence electrons. The van der Waals surface area contributed by atoms with Crippen LogP contribution >= 0.6 is 0 Å². The van der Waals surface area contributed by atoms with Crippen molar-refractivity contribution in [1.29, 1.82) is 0 Å². The van der Waals surface area contributed by atoms with Crippen LogP contribution in [0.5, 0.6) is 0 Å². The molecule has 0 amide bonds. The van der Waals surface area contributed by atoms with Gasteiger partial charge in [0.25, 0.3) is 0 Å². The van der Waals surface area contributed by atoms with E-state index in [2.05, 4.69) is 38.6 Å². The molecule has 0 fully saturated rings. The third-order valence-electron chi connectivity index (χ3n) is 4.19. The van der Waals surface area contributed by atoms with Gasteiger partial charge >= 0.3 is 0 Å². The molecule has 2 aromatic rings. The summed E-state index contributed by atoms with van der Waals surface area (Å²) < 4.78 is 3.02. The second-order valence-corrected chi connectivity index (χ2v) is 7.01. The van der Waals surface area contributed by atoms with Crippen molar-refractivity contribution in [2.24, 2.45) is 0 Å². The van der Waals surface area contributed by atoms with Crippen LogP contribution in [0.4, 0.5) is 11.5 Å². The molecule has 0 radical (unpaired) electrons. The molecule has 1 aliphatic carbocycles. The highest BCUT2D eigenvalue weighted by atomic mass is 35.5. The summed E-state index contributed by atoms with van der Waals surface area (Å²) in [6.45, 7) is 2.04. The van der Waals surface area contributed by atoms with Crippen molar-refractivity contribution in [1.82, 2.24) is 9.61 Å². The van der Waals surface area contributed by atoms with E-state index in [1.165, 1.54) is 17.7 Å². The third-order valence-corrected chi connectivity index (χ3v) is 4.19. The van der Waals surface area contributed by atoms with E-state index in [9.17, 15) is 0 Å². The van der Waals surface area contributed by atoms with E-state index in [0.717, 1.165) is 53.9 Å². The lowest BCUT2D eigenvalue weighted by Crippen LogP contribution is -3.00. The van der Waals surface area contributed by atoms with Crippen LogP contribution in [-0.2, 0) is 12.8 Å². The van der Waals surface area contributed by atoms with E-state index in [1.807, 2.05) is 4.52 Å². The second kappa shape index (κ2) is 6.34. The van der Waals surface area contributed by atoms with Crippen LogP contribution in [0.25, 0.3) is 5.52 Å². The second-order valence-electron chi connectivity index (χ2n) is 7.01. The molecule has 2 aromatic heterocycles. The van der Waals surface area contributed by atoms with E-state index < -0.39 is 0 Å². The van der Waals surface area contributed by atoms with Crippen molar-refractivity contribution in [2.45, 2.75) is 25.7 Å². The van der Waals surface area contributed by atoms with Gasteiger partial charge in [0.05, 0.1) is 33.2 Å². The molecule has 0 unspecified atom stereocenters. The lowest BCUT2D eigenvalue weighted by molar-refractivity contribution is -0.870. The number of halogens is 1. The monoisotopic (exact) mass is 323 g/mol. The molecule has 0 bridgehead atoms. The summed E-state index contributed by atoms with van der Waals surface area (Å²) in [5, 5.41) is 8.09. The largest absolute Gasteiger partial charge is 1.00 e. The smallest absolute Gasteiger partial charge is 0.172 e. The normalized spacial score (nSPS) is 14.0. The summed E-state index contributed by atoms with van der Waals surface area (Å²) in [4.78, 5) is 0. The van der Waals surface area contributed by atoms with Crippen LogP contribution in [0.1, 0.15) is 24.1 Å². The highest BCUT2D eigenvalue weighted by Crippen LogP contribution is 2.29. The molecule has 3 rings (SSSR count). The highest BCUT2D eigenvalue weighted by molar-refractivity contribution is 5.81. The zero-order valence-corrected chi connectivity index (χ0v) is 14.5. The fourth-order valence-electron chi connectivity index (χ4n) is 3.05. The lowest BCUT2D eigenvalue weighted by Gasteiger charge is -2.23. The Morgan fingerprint density at radius 3 is 2.77 bits per heavy atom. The summed E-state index contributed by atoms with van der Waals surface area (Å²) in [5.74, 6) is 0.830. The van der Waals surface area contributed by atoms with Gasteiger partial charge in [0.2, 0.25) is 0 Å². The Bertz CT molecular complexity index is 657. The Morgan fingerprint density at radius 1 is 1.27 bits per heavy atom. The van der Waals surface area contributed by atoms with E-state index in [4.69, 9.17) is 10.8 Å². The van der Waals surface area contributed by atoms with E-state index in [1.54, 1.807) is 0 Å². The van der Waals surface area contributed by atoms with Crippen molar-refractivity contribution in [3.63, 3.8) is 0 Å². The topological polar surface area (TPSA) is 55.4 Å². The van der Waals surface area contributed by atoms with E-state index >= 15 is 0 Å². The minimum Gasteiger partial charge on any atom is -1.00 e. The average Bonchev–Trinajstić information content (AvgIpc) is 2.99. The highest BCUT2D eigenvalue weighted by Gasteiger charge is 2.18. The van der Waals surface area contributed by atoms with Crippen molar-refractivity contribution in [3.05, 3.63) is 23.4 Å². The van der Waals surface area contributed by atoms with Gasteiger partial charge < -0.3 is 27.9 Å². The first kappa shape index (κ1) is 16.9. The van der Waals surface area contributed by atoms with Crippen molar-refractivity contribution >= 4 is 17.0 Å². The van der Waals surface area contributed by atoms with Gasteiger partial charge in [-0.25, -0.2) is 4.52 Å². The summed E-state index contributed by atoms with van der Waals surface area (Å²) in [6, 6.07) is 4.31. The SMILES string of the molecule is C[N+](C)(C)CCCNc1nn2c3c(ccc2c1N)CCC3.[Cl-]. The number of hydrogen-bond acceptors (Lipinski definition) is 3. The molecule has 22 heavy (non-hydrogen) atoms. The summed E-state index contributed by atoms with van der Waals surface area (Å²) in [7, 11) is 6.63.